The maximum absolute atomic E-state index is 11.8. The molecule has 1 aromatic rings. The molecule has 2 amide bonds. The highest BCUT2D eigenvalue weighted by atomic mass is 16.4. The summed E-state index contributed by atoms with van der Waals surface area (Å²) in [5.74, 6) is -3.13. The van der Waals surface area contributed by atoms with E-state index < -0.39 is 23.9 Å². The molecule has 1 unspecified atom stereocenters. The minimum atomic E-state index is -1.28. The summed E-state index contributed by atoms with van der Waals surface area (Å²) in [4.78, 5) is 44.2. The standard InChI is InChI=1S/C15H18N2O6/c1-9(18)16-11-4-2-10(3-5-11)8-13(19)17-12(15(22)23)6-7-14(20)21/h2-5,12H,6-8H2,1H3,(H,16,18)(H,17,19)(H,20,21)(H,22,23). The van der Waals surface area contributed by atoms with Crippen molar-refractivity contribution in [2.75, 3.05) is 5.32 Å². The molecule has 0 aliphatic heterocycles. The van der Waals surface area contributed by atoms with E-state index in [1.54, 1.807) is 24.3 Å². The predicted octanol–water partition coefficient (Wildman–Crippen LogP) is 0.622. The molecule has 0 bridgehead atoms. The van der Waals surface area contributed by atoms with Gasteiger partial charge in [0.25, 0.3) is 0 Å². The monoisotopic (exact) mass is 322 g/mol. The van der Waals surface area contributed by atoms with E-state index in [4.69, 9.17) is 10.2 Å². The van der Waals surface area contributed by atoms with Gasteiger partial charge in [-0.2, -0.15) is 0 Å². The van der Waals surface area contributed by atoms with Crippen LogP contribution in [0.15, 0.2) is 24.3 Å². The molecule has 0 aromatic heterocycles. The third-order valence-electron chi connectivity index (χ3n) is 2.92. The van der Waals surface area contributed by atoms with E-state index in [9.17, 15) is 19.2 Å². The number of aliphatic carboxylic acids is 2. The molecule has 0 radical (unpaired) electrons. The zero-order chi connectivity index (χ0) is 17.4. The molecule has 23 heavy (non-hydrogen) atoms. The average molecular weight is 322 g/mol. The first kappa shape index (κ1) is 18.1. The summed E-state index contributed by atoms with van der Waals surface area (Å²) in [7, 11) is 0. The topological polar surface area (TPSA) is 133 Å². The van der Waals surface area contributed by atoms with Gasteiger partial charge in [0, 0.05) is 19.0 Å². The zero-order valence-corrected chi connectivity index (χ0v) is 12.5. The number of benzene rings is 1. The maximum atomic E-state index is 11.8. The molecule has 0 saturated carbocycles. The molecule has 0 saturated heterocycles. The summed E-state index contributed by atoms with van der Waals surface area (Å²) in [6, 6.07) is 5.29. The van der Waals surface area contributed by atoms with Gasteiger partial charge in [-0.05, 0) is 24.1 Å². The van der Waals surface area contributed by atoms with Crippen molar-refractivity contribution in [2.45, 2.75) is 32.2 Å². The number of carboxylic acid groups (broad SMARTS) is 2. The molecular formula is C15H18N2O6. The van der Waals surface area contributed by atoms with Crippen LogP contribution in [0.4, 0.5) is 5.69 Å². The van der Waals surface area contributed by atoms with Crippen molar-refractivity contribution >= 4 is 29.4 Å². The van der Waals surface area contributed by atoms with Gasteiger partial charge in [-0.1, -0.05) is 12.1 Å². The molecule has 0 aliphatic rings. The fourth-order valence-corrected chi connectivity index (χ4v) is 1.87. The number of rotatable bonds is 8. The van der Waals surface area contributed by atoms with Crippen LogP contribution in [0.1, 0.15) is 25.3 Å². The average Bonchev–Trinajstić information content (AvgIpc) is 2.44. The number of carbonyl (C=O) groups is 4. The SMILES string of the molecule is CC(=O)Nc1ccc(CC(=O)NC(CCC(=O)O)C(=O)O)cc1. The normalized spacial score (nSPS) is 11.3. The maximum Gasteiger partial charge on any atom is 0.326 e. The van der Waals surface area contributed by atoms with Crippen molar-refractivity contribution < 1.29 is 29.4 Å². The first-order valence-corrected chi connectivity index (χ1v) is 6.88. The predicted molar refractivity (Wildman–Crippen MR) is 80.9 cm³/mol. The second kappa shape index (κ2) is 8.52. The highest BCUT2D eigenvalue weighted by Gasteiger charge is 2.20. The highest BCUT2D eigenvalue weighted by molar-refractivity contribution is 5.89. The second-order valence-corrected chi connectivity index (χ2v) is 4.95. The van der Waals surface area contributed by atoms with E-state index in [0.29, 0.717) is 11.3 Å². The van der Waals surface area contributed by atoms with Crippen molar-refractivity contribution in [3.8, 4) is 0 Å². The van der Waals surface area contributed by atoms with Gasteiger partial charge < -0.3 is 20.8 Å². The van der Waals surface area contributed by atoms with Crippen molar-refractivity contribution in [1.29, 1.82) is 0 Å². The molecular weight excluding hydrogens is 304 g/mol. The number of anilines is 1. The lowest BCUT2D eigenvalue weighted by Gasteiger charge is -2.13. The Morgan fingerprint density at radius 1 is 1.09 bits per heavy atom. The Labute approximate surface area is 132 Å². The zero-order valence-electron chi connectivity index (χ0n) is 12.5. The Hall–Kier alpha value is -2.90. The quantitative estimate of drug-likeness (QED) is 0.554. The first-order valence-electron chi connectivity index (χ1n) is 6.88. The van der Waals surface area contributed by atoms with Gasteiger partial charge in [-0.3, -0.25) is 14.4 Å². The third-order valence-corrected chi connectivity index (χ3v) is 2.92. The lowest BCUT2D eigenvalue weighted by atomic mass is 10.1. The van der Waals surface area contributed by atoms with Gasteiger partial charge in [0.1, 0.15) is 6.04 Å². The Bertz CT molecular complexity index is 596. The van der Waals surface area contributed by atoms with Crippen LogP contribution in [0.5, 0.6) is 0 Å². The second-order valence-electron chi connectivity index (χ2n) is 4.95. The van der Waals surface area contributed by atoms with E-state index in [1.807, 2.05) is 0 Å². The Morgan fingerprint density at radius 3 is 2.17 bits per heavy atom. The Balaban J connectivity index is 2.58. The van der Waals surface area contributed by atoms with Gasteiger partial charge in [-0.25, -0.2) is 4.79 Å². The molecule has 8 nitrogen and oxygen atoms in total. The summed E-state index contributed by atoms with van der Waals surface area (Å²) in [5.41, 5.74) is 1.23. The third kappa shape index (κ3) is 7.07. The van der Waals surface area contributed by atoms with Gasteiger partial charge >= 0.3 is 11.9 Å². The molecule has 1 rings (SSSR count). The van der Waals surface area contributed by atoms with Gasteiger partial charge in [0.15, 0.2) is 0 Å². The summed E-state index contributed by atoms with van der Waals surface area (Å²) < 4.78 is 0. The van der Waals surface area contributed by atoms with Crippen LogP contribution in [-0.4, -0.2) is 40.0 Å². The fraction of sp³-hybridized carbons (Fsp3) is 0.333. The van der Waals surface area contributed by atoms with Crippen LogP contribution < -0.4 is 10.6 Å². The van der Waals surface area contributed by atoms with E-state index in [0.717, 1.165) is 0 Å². The van der Waals surface area contributed by atoms with Crippen LogP contribution in [-0.2, 0) is 25.6 Å². The summed E-state index contributed by atoms with van der Waals surface area (Å²) in [5, 5.41) is 22.4. The fourth-order valence-electron chi connectivity index (χ4n) is 1.87. The summed E-state index contributed by atoms with van der Waals surface area (Å²) in [6.07, 6.45) is -0.572. The molecule has 0 spiro atoms. The van der Waals surface area contributed by atoms with E-state index in [2.05, 4.69) is 10.6 Å². The lowest BCUT2D eigenvalue weighted by molar-refractivity contribution is -0.143. The molecule has 0 fully saturated rings. The molecule has 124 valence electrons. The van der Waals surface area contributed by atoms with Crippen molar-refractivity contribution in [3.05, 3.63) is 29.8 Å². The van der Waals surface area contributed by atoms with Crippen LogP contribution >= 0.6 is 0 Å². The molecule has 1 aromatic carbocycles. The Morgan fingerprint density at radius 2 is 1.70 bits per heavy atom. The highest BCUT2D eigenvalue weighted by Crippen LogP contribution is 2.10. The number of carboxylic acids is 2. The molecule has 8 heteroatoms. The van der Waals surface area contributed by atoms with E-state index >= 15 is 0 Å². The van der Waals surface area contributed by atoms with Crippen LogP contribution in [0.3, 0.4) is 0 Å². The minimum Gasteiger partial charge on any atom is -0.481 e. The smallest absolute Gasteiger partial charge is 0.326 e. The van der Waals surface area contributed by atoms with Crippen LogP contribution in [0.25, 0.3) is 0 Å². The minimum absolute atomic E-state index is 0.0444. The molecule has 0 aliphatic carbocycles. The van der Waals surface area contributed by atoms with Crippen LogP contribution in [0, 0.1) is 0 Å². The summed E-state index contributed by atoms with van der Waals surface area (Å²) >= 11 is 0. The number of amides is 2. The van der Waals surface area contributed by atoms with Gasteiger partial charge in [0.2, 0.25) is 11.8 Å². The Kier molecular flexibility index (Phi) is 6.72. The molecule has 4 N–H and O–H groups in total. The number of hydrogen-bond acceptors (Lipinski definition) is 4. The molecule has 0 heterocycles. The molecule has 1 atom stereocenters. The lowest BCUT2D eigenvalue weighted by Crippen LogP contribution is -2.41. The van der Waals surface area contributed by atoms with Crippen LogP contribution in [0.2, 0.25) is 0 Å². The number of nitrogens with one attached hydrogen (secondary N) is 2. The summed E-state index contributed by atoms with van der Waals surface area (Å²) in [6.45, 7) is 1.38. The van der Waals surface area contributed by atoms with E-state index in [-0.39, 0.29) is 25.2 Å². The van der Waals surface area contributed by atoms with Gasteiger partial charge in [0.05, 0.1) is 6.42 Å². The van der Waals surface area contributed by atoms with Gasteiger partial charge in [-0.15, -0.1) is 0 Å². The van der Waals surface area contributed by atoms with Crippen molar-refractivity contribution in [1.82, 2.24) is 5.32 Å². The largest absolute Gasteiger partial charge is 0.481 e. The van der Waals surface area contributed by atoms with Crippen molar-refractivity contribution in [3.63, 3.8) is 0 Å². The number of hydrogen-bond donors (Lipinski definition) is 4. The van der Waals surface area contributed by atoms with Crippen molar-refractivity contribution in [2.24, 2.45) is 0 Å². The number of carbonyl (C=O) groups excluding carboxylic acids is 2. The van der Waals surface area contributed by atoms with E-state index in [1.165, 1.54) is 6.92 Å². The first-order chi connectivity index (χ1) is 10.8.